The van der Waals surface area contributed by atoms with Gasteiger partial charge in [0.1, 0.15) is 6.10 Å². The maximum absolute atomic E-state index is 11.7. The van der Waals surface area contributed by atoms with Crippen molar-refractivity contribution in [3.8, 4) is 0 Å². The molecule has 5 nitrogen and oxygen atoms in total. The zero-order valence-electron chi connectivity index (χ0n) is 10.3. The molecule has 0 radical (unpaired) electrons. The fraction of sp³-hybridized carbons (Fsp3) is 0.385. The van der Waals surface area contributed by atoms with Crippen LogP contribution in [0.5, 0.6) is 0 Å². The summed E-state index contributed by atoms with van der Waals surface area (Å²) in [4.78, 5) is 23.3. The van der Waals surface area contributed by atoms with Crippen LogP contribution >= 0.6 is 15.9 Å². The molecule has 0 saturated carbocycles. The van der Waals surface area contributed by atoms with Gasteiger partial charge in [0, 0.05) is 16.8 Å². The largest absolute Gasteiger partial charge is 0.368 e. The van der Waals surface area contributed by atoms with E-state index in [1.165, 1.54) is 0 Å². The molecule has 2 N–H and O–H groups in total. The Morgan fingerprint density at radius 3 is 2.95 bits per heavy atom. The van der Waals surface area contributed by atoms with Gasteiger partial charge in [-0.25, -0.2) is 0 Å². The van der Waals surface area contributed by atoms with Gasteiger partial charge >= 0.3 is 0 Å². The summed E-state index contributed by atoms with van der Waals surface area (Å²) in [5.74, 6) is -0.480. The molecule has 0 spiro atoms. The van der Waals surface area contributed by atoms with Gasteiger partial charge in [0.05, 0.1) is 6.54 Å². The molecule has 1 fully saturated rings. The average molecular weight is 327 g/mol. The van der Waals surface area contributed by atoms with Crippen LogP contribution in [0.15, 0.2) is 28.7 Å². The minimum Gasteiger partial charge on any atom is -0.368 e. The Morgan fingerprint density at radius 2 is 2.26 bits per heavy atom. The van der Waals surface area contributed by atoms with Crippen LogP contribution in [0.25, 0.3) is 0 Å². The highest BCUT2D eigenvalue weighted by atomic mass is 79.9. The second-order valence-electron chi connectivity index (χ2n) is 4.28. The second kappa shape index (κ2) is 6.68. The van der Waals surface area contributed by atoms with Gasteiger partial charge in [-0.1, -0.05) is 22.0 Å². The number of nitrogens with one attached hydrogen (secondary N) is 2. The molecule has 1 aliphatic rings. The molecule has 0 bridgehead atoms. The molecule has 6 heteroatoms. The SMILES string of the molecule is O=C(CNC(=O)C1CCCO1)Nc1cccc(Br)c1. The number of hydrogen-bond donors (Lipinski definition) is 2. The van der Waals surface area contributed by atoms with E-state index in [0.29, 0.717) is 12.3 Å². The fourth-order valence-electron chi connectivity index (χ4n) is 1.84. The third-order valence-electron chi connectivity index (χ3n) is 2.75. The van der Waals surface area contributed by atoms with Gasteiger partial charge in [0.2, 0.25) is 11.8 Å². The third kappa shape index (κ3) is 4.33. The quantitative estimate of drug-likeness (QED) is 0.884. The van der Waals surface area contributed by atoms with Crippen LogP contribution in [0.3, 0.4) is 0 Å². The summed E-state index contributed by atoms with van der Waals surface area (Å²) in [6.07, 6.45) is 1.21. The maximum atomic E-state index is 11.7. The van der Waals surface area contributed by atoms with E-state index in [1.54, 1.807) is 12.1 Å². The molecule has 102 valence electrons. The smallest absolute Gasteiger partial charge is 0.249 e. The molecular weight excluding hydrogens is 312 g/mol. The Bertz CT molecular complexity index is 473. The van der Waals surface area contributed by atoms with E-state index in [2.05, 4.69) is 26.6 Å². The van der Waals surface area contributed by atoms with Crippen molar-refractivity contribution in [2.75, 3.05) is 18.5 Å². The van der Waals surface area contributed by atoms with E-state index >= 15 is 0 Å². The lowest BCUT2D eigenvalue weighted by Gasteiger charge is -2.10. The lowest BCUT2D eigenvalue weighted by Crippen LogP contribution is -2.39. The first-order valence-corrected chi connectivity index (χ1v) is 6.89. The summed E-state index contributed by atoms with van der Waals surface area (Å²) < 4.78 is 6.11. The van der Waals surface area contributed by atoms with Gasteiger partial charge < -0.3 is 15.4 Å². The number of carbonyl (C=O) groups is 2. The number of benzene rings is 1. The summed E-state index contributed by atoms with van der Waals surface area (Å²) in [6.45, 7) is 0.563. The van der Waals surface area contributed by atoms with Gasteiger partial charge in [-0.3, -0.25) is 9.59 Å². The minimum absolute atomic E-state index is 0.0504. The fourth-order valence-corrected chi connectivity index (χ4v) is 2.24. The zero-order valence-corrected chi connectivity index (χ0v) is 11.9. The number of rotatable bonds is 4. The van der Waals surface area contributed by atoms with Crippen molar-refractivity contribution in [1.82, 2.24) is 5.32 Å². The van der Waals surface area contributed by atoms with Gasteiger partial charge in [0.25, 0.3) is 0 Å². The van der Waals surface area contributed by atoms with Gasteiger partial charge in [-0.05, 0) is 31.0 Å². The summed E-state index contributed by atoms with van der Waals surface area (Å²) in [6, 6.07) is 7.27. The van der Waals surface area contributed by atoms with Crippen LogP contribution < -0.4 is 10.6 Å². The van der Waals surface area contributed by atoms with Gasteiger partial charge in [-0.15, -0.1) is 0 Å². The lowest BCUT2D eigenvalue weighted by molar-refractivity contribution is -0.131. The molecule has 1 aromatic rings. The first-order chi connectivity index (χ1) is 9.15. The Balaban J connectivity index is 1.76. The van der Waals surface area contributed by atoms with Crippen LogP contribution in [0.2, 0.25) is 0 Å². The van der Waals surface area contributed by atoms with Crippen molar-refractivity contribution in [1.29, 1.82) is 0 Å². The van der Waals surface area contributed by atoms with Crippen LogP contribution in [0, 0.1) is 0 Å². The van der Waals surface area contributed by atoms with Crippen molar-refractivity contribution < 1.29 is 14.3 Å². The molecule has 0 aromatic heterocycles. The van der Waals surface area contributed by atoms with Crippen molar-refractivity contribution in [2.24, 2.45) is 0 Å². The molecular formula is C13H15BrN2O3. The van der Waals surface area contributed by atoms with E-state index in [4.69, 9.17) is 4.74 Å². The third-order valence-corrected chi connectivity index (χ3v) is 3.25. The first-order valence-electron chi connectivity index (χ1n) is 6.10. The predicted octanol–water partition coefficient (Wildman–Crippen LogP) is 1.68. The Kier molecular flexibility index (Phi) is 4.93. The normalized spacial score (nSPS) is 18.1. The van der Waals surface area contributed by atoms with Crippen LogP contribution in [0.1, 0.15) is 12.8 Å². The summed E-state index contributed by atoms with van der Waals surface area (Å²) in [5.41, 5.74) is 0.686. The van der Waals surface area contributed by atoms with Crippen LogP contribution in [-0.2, 0) is 14.3 Å². The van der Waals surface area contributed by atoms with Crippen molar-refractivity contribution in [3.63, 3.8) is 0 Å². The number of ether oxygens (including phenoxy) is 1. The van der Waals surface area contributed by atoms with E-state index in [0.717, 1.165) is 17.3 Å². The highest BCUT2D eigenvalue weighted by Crippen LogP contribution is 2.15. The van der Waals surface area contributed by atoms with E-state index in [9.17, 15) is 9.59 Å². The maximum Gasteiger partial charge on any atom is 0.249 e. The average Bonchev–Trinajstić information content (AvgIpc) is 2.90. The number of anilines is 1. The summed E-state index contributed by atoms with van der Waals surface area (Å²) >= 11 is 3.32. The number of halogens is 1. The molecule has 1 aliphatic heterocycles. The summed E-state index contributed by atoms with van der Waals surface area (Å²) in [5, 5.41) is 5.28. The first kappa shape index (κ1) is 14.0. The Hall–Kier alpha value is -1.40. The van der Waals surface area contributed by atoms with E-state index in [-0.39, 0.29) is 18.4 Å². The number of hydrogen-bond acceptors (Lipinski definition) is 3. The minimum atomic E-state index is -0.404. The number of carbonyl (C=O) groups excluding carboxylic acids is 2. The highest BCUT2D eigenvalue weighted by molar-refractivity contribution is 9.10. The number of amides is 2. The molecule has 2 rings (SSSR count). The molecule has 1 aromatic carbocycles. The highest BCUT2D eigenvalue weighted by Gasteiger charge is 2.23. The molecule has 1 atom stereocenters. The van der Waals surface area contributed by atoms with Crippen LogP contribution in [-0.4, -0.2) is 31.1 Å². The van der Waals surface area contributed by atoms with Gasteiger partial charge in [0.15, 0.2) is 0 Å². The molecule has 1 saturated heterocycles. The topological polar surface area (TPSA) is 67.4 Å². The molecule has 19 heavy (non-hydrogen) atoms. The zero-order chi connectivity index (χ0) is 13.7. The summed E-state index contributed by atoms with van der Waals surface area (Å²) in [7, 11) is 0. The standard InChI is InChI=1S/C13H15BrN2O3/c14-9-3-1-4-10(7-9)16-12(17)8-15-13(18)11-5-2-6-19-11/h1,3-4,7,11H,2,5-6,8H2,(H,15,18)(H,16,17). The predicted molar refractivity (Wildman–Crippen MR) is 74.8 cm³/mol. The molecule has 1 unspecified atom stereocenters. The molecule has 0 aliphatic carbocycles. The van der Waals surface area contributed by atoms with Crippen molar-refractivity contribution in [3.05, 3.63) is 28.7 Å². The molecule has 2 amide bonds. The Labute approximate surface area is 119 Å². The Morgan fingerprint density at radius 1 is 1.42 bits per heavy atom. The van der Waals surface area contributed by atoms with Crippen molar-refractivity contribution >= 4 is 33.4 Å². The van der Waals surface area contributed by atoms with E-state index in [1.807, 2.05) is 12.1 Å². The monoisotopic (exact) mass is 326 g/mol. The van der Waals surface area contributed by atoms with E-state index < -0.39 is 6.10 Å². The van der Waals surface area contributed by atoms with Crippen LogP contribution in [0.4, 0.5) is 5.69 Å². The lowest BCUT2D eigenvalue weighted by atomic mass is 10.2. The van der Waals surface area contributed by atoms with Crippen molar-refractivity contribution in [2.45, 2.75) is 18.9 Å². The molecule has 1 heterocycles. The van der Waals surface area contributed by atoms with Gasteiger partial charge in [-0.2, -0.15) is 0 Å². The second-order valence-corrected chi connectivity index (χ2v) is 5.19.